The number of nitrogens with zero attached hydrogens (tertiary/aromatic N) is 3. The summed E-state index contributed by atoms with van der Waals surface area (Å²) >= 11 is 0. The fourth-order valence-corrected chi connectivity index (χ4v) is 3.81. The Morgan fingerprint density at radius 2 is 2.09 bits per heavy atom. The normalized spacial score (nSPS) is 18.7. The smallest absolute Gasteiger partial charge is 0.228 e. The molecule has 162 valence electrons. The lowest BCUT2D eigenvalue weighted by Gasteiger charge is -2.31. The molecule has 5 rings (SSSR count). The number of ketones is 1. The lowest BCUT2D eigenvalue weighted by molar-refractivity contribution is -0.117. The van der Waals surface area contributed by atoms with Gasteiger partial charge in [0.15, 0.2) is 5.78 Å². The van der Waals surface area contributed by atoms with Gasteiger partial charge in [-0.25, -0.2) is 4.98 Å². The number of pyridine rings is 2. The number of aromatic nitrogens is 2. The molecule has 7 heteroatoms. The molecular weight excluding hydrogens is 402 g/mol. The minimum Gasteiger partial charge on any atom is -0.368 e. The van der Waals surface area contributed by atoms with Crippen molar-refractivity contribution in [3.63, 3.8) is 0 Å². The Bertz CT molecular complexity index is 1400. The number of carbonyl (C=O) groups excluding carboxylic acids is 2. The van der Waals surface area contributed by atoms with Crippen LogP contribution in [0.15, 0.2) is 48.8 Å². The molecule has 1 aliphatic heterocycles. The minimum absolute atomic E-state index is 0.0538. The molecule has 0 unspecified atom stereocenters. The summed E-state index contributed by atoms with van der Waals surface area (Å²) in [7, 11) is 1.63. The Balaban J connectivity index is 1.59. The molecule has 2 aromatic heterocycles. The first kappa shape index (κ1) is 15.1. The average molecular weight is 433 g/mol. The zero-order valence-electron chi connectivity index (χ0n) is 22.5. The van der Waals surface area contributed by atoms with E-state index in [2.05, 4.69) is 20.6 Å². The Hall–Kier alpha value is -3.74. The molecule has 1 fully saturated rings. The molecule has 1 aliphatic carbocycles. The first-order valence-corrected chi connectivity index (χ1v) is 10.4. The van der Waals surface area contributed by atoms with Gasteiger partial charge < -0.3 is 15.5 Å². The summed E-state index contributed by atoms with van der Waals surface area (Å²) in [5.74, 6) is -0.617. The number of nitrogens with one attached hydrogen (secondary N) is 2. The number of hydrogen-bond acceptors (Lipinski definition) is 6. The van der Waals surface area contributed by atoms with E-state index in [4.69, 9.17) is 6.85 Å². The largest absolute Gasteiger partial charge is 0.368 e. The van der Waals surface area contributed by atoms with Gasteiger partial charge in [0.25, 0.3) is 0 Å². The van der Waals surface area contributed by atoms with Gasteiger partial charge in [0.1, 0.15) is 5.82 Å². The second kappa shape index (κ2) is 8.07. The van der Waals surface area contributed by atoms with Crippen LogP contribution in [0, 0.1) is 5.92 Å². The van der Waals surface area contributed by atoms with Gasteiger partial charge in [-0.05, 0) is 30.5 Å². The highest BCUT2D eigenvalue weighted by atomic mass is 16.2. The Kier molecular flexibility index (Phi) is 3.82. The van der Waals surface area contributed by atoms with E-state index in [0.717, 1.165) is 12.8 Å². The maximum atomic E-state index is 12.9. The van der Waals surface area contributed by atoms with Gasteiger partial charge in [-0.1, -0.05) is 25.1 Å². The molecule has 3 aromatic rings. The quantitative estimate of drug-likeness (QED) is 0.545. The molecule has 0 bridgehead atoms. The zero-order chi connectivity index (χ0) is 26.5. The summed E-state index contributed by atoms with van der Waals surface area (Å²) in [4.78, 5) is 35.3. The number of hydrogen-bond donors (Lipinski definition) is 2. The van der Waals surface area contributed by atoms with Crippen molar-refractivity contribution in [2.45, 2.75) is 32.6 Å². The van der Waals surface area contributed by atoms with Crippen LogP contribution in [0.2, 0.25) is 0 Å². The maximum Gasteiger partial charge on any atom is 0.228 e. The monoisotopic (exact) mass is 432 g/mol. The van der Waals surface area contributed by atoms with E-state index in [1.165, 1.54) is 17.2 Å². The molecule has 1 saturated carbocycles. The van der Waals surface area contributed by atoms with Crippen molar-refractivity contribution in [3.05, 3.63) is 59.9 Å². The van der Waals surface area contributed by atoms with Crippen molar-refractivity contribution in [2.75, 3.05) is 22.6 Å². The van der Waals surface area contributed by atoms with Crippen LogP contribution in [0.3, 0.4) is 0 Å². The Morgan fingerprint density at radius 3 is 2.91 bits per heavy atom. The van der Waals surface area contributed by atoms with Crippen LogP contribution in [0.5, 0.6) is 0 Å². The van der Waals surface area contributed by atoms with E-state index in [1.54, 1.807) is 37.5 Å². The fourth-order valence-electron chi connectivity index (χ4n) is 3.81. The van der Waals surface area contributed by atoms with Crippen molar-refractivity contribution in [1.29, 1.82) is 0 Å². The number of carbonyl (C=O) groups is 2. The second-order valence-corrected chi connectivity index (χ2v) is 7.88. The molecular formula is C25H25N5O2. The third kappa shape index (κ3) is 3.70. The number of anilines is 4. The Labute approximate surface area is 193 Å². The van der Waals surface area contributed by atoms with Crippen LogP contribution in [0.4, 0.5) is 22.9 Å². The number of amides is 1. The molecule has 7 nitrogen and oxygen atoms in total. The summed E-state index contributed by atoms with van der Waals surface area (Å²) in [6.07, 6.45) is 3.81. The topological polar surface area (TPSA) is 87.2 Å². The van der Waals surface area contributed by atoms with E-state index in [9.17, 15) is 9.59 Å². The highest BCUT2D eigenvalue weighted by molar-refractivity contribution is 6.03. The van der Waals surface area contributed by atoms with Crippen LogP contribution < -0.4 is 15.5 Å². The minimum atomic E-state index is -2.47. The molecule has 1 amide bonds. The molecule has 0 saturated heterocycles. The van der Waals surface area contributed by atoms with Crippen molar-refractivity contribution in [2.24, 2.45) is 5.92 Å². The van der Waals surface area contributed by atoms with Crippen molar-refractivity contribution < 1.29 is 16.4 Å². The third-order valence-corrected chi connectivity index (χ3v) is 5.56. The van der Waals surface area contributed by atoms with Gasteiger partial charge in [-0.3, -0.25) is 14.6 Å². The number of benzene rings is 1. The number of Topliss-reactive ketones (excluding diaryl/α,β-unsaturated/α-hetero) is 1. The molecule has 2 aliphatic rings. The van der Waals surface area contributed by atoms with Gasteiger partial charge in [-0.15, -0.1) is 0 Å². The number of para-hydroxylation sites is 1. The standard InChI is InChI=1S/C25H25N5O2/c1-3-21(31)18-13-27-22(29-25(32)15-9-10-15)12-20(18)28-19-8-4-7-17-23-16(6-5-11-26-23)14-30(2)24(17)19/h4-8,11-13,15H,3,9-10,14H2,1-2H3,(H2,27,28,29,32)/i1D3,14D2. The summed E-state index contributed by atoms with van der Waals surface area (Å²) in [6.45, 7) is -4.33. The summed E-state index contributed by atoms with van der Waals surface area (Å²) < 4.78 is 40.0. The highest BCUT2D eigenvalue weighted by Crippen LogP contribution is 2.43. The van der Waals surface area contributed by atoms with E-state index in [1.807, 2.05) is 6.07 Å². The molecule has 3 heterocycles. The van der Waals surface area contributed by atoms with Gasteiger partial charge >= 0.3 is 0 Å². The van der Waals surface area contributed by atoms with Crippen molar-refractivity contribution in [3.8, 4) is 11.3 Å². The zero-order valence-corrected chi connectivity index (χ0v) is 17.5. The SMILES string of the molecule is [2H]C([2H])([2H])CC(=O)c1cnc(NC(=O)C2CC2)cc1Nc1cccc2c1N(C)C([2H])([2H])c1cccnc1-2. The predicted molar refractivity (Wildman–Crippen MR) is 125 cm³/mol. The highest BCUT2D eigenvalue weighted by Gasteiger charge is 2.30. The van der Waals surface area contributed by atoms with Crippen molar-refractivity contribution >= 4 is 34.6 Å². The lowest BCUT2D eigenvalue weighted by Crippen LogP contribution is -2.23. The first-order chi connectivity index (χ1) is 17.5. The van der Waals surface area contributed by atoms with Gasteiger partial charge in [0, 0.05) is 54.0 Å². The molecule has 0 spiro atoms. The van der Waals surface area contributed by atoms with Crippen molar-refractivity contribution in [1.82, 2.24) is 9.97 Å². The van der Waals surface area contributed by atoms with Gasteiger partial charge in [0.05, 0.1) is 31.1 Å². The van der Waals surface area contributed by atoms with Gasteiger partial charge in [0.2, 0.25) is 5.91 Å². The number of fused-ring (bicyclic) bond motifs is 3. The van der Waals surface area contributed by atoms with Crippen LogP contribution in [-0.2, 0) is 11.3 Å². The van der Waals surface area contributed by atoms with Crippen LogP contribution in [0.25, 0.3) is 11.3 Å². The lowest BCUT2D eigenvalue weighted by atomic mass is 9.97. The Morgan fingerprint density at radius 1 is 1.22 bits per heavy atom. The van der Waals surface area contributed by atoms with E-state index in [-0.39, 0.29) is 28.9 Å². The third-order valence-electron chi connectivity index (χ3n) is 5.56. The van der Waals surface area contributed by atoms with E-state index < -0.39 is 25.6 Å². The molecule has 1 aromatic carbocycles. The van der Waals surface area contributed by atoms with E-state index >= 15 is 0 Å². The number of rotatable bonds is 6. The van der Waals surface area contributed by atoms with Crippen LogP contribution >= 0.6 is 0 Å². The van der Waals surface area contributed by atoms with E-state index in [0.29, 0.717) is 28.2 Å². The molecule has 0 atom stereocenters. The second-order valence-electron chi connectivity index (χ2n) is 7.88. The average Bonchev–Trinajstić information content (AvgIpc) is 3.68. The van der Waals surface area contributed by atoms with Gasteiger partial charge in [-0.2, -0.15) is 0 Å². The van der Waals surface area contributed by atoms with Crippen LogP contribution in [0.1, 0.15) is 48.9 Å². The first-order valence-electron chi connectivity index (χ1n) is 12.9. The fraction of sp³-hybridized carbons (Fsp3) is 0.280. The maximum absolute atomic E-state index is 12.9. The van der Waals surface area contributed by atoms with Crippen LogP contribution in [-0.4, -0.2) is 28.7 Å². The molecule has 0 radical (unpaired) electrons. The molecule has 32 heavy (non-hydrogen) atoms. The molecule has 2 N–H and O–H groups in total. The summed E-state index contributed by atoms with van der Waals surface area (Å²) in [5, 5.41) is 5.94. The summed E-state index contributed by atoms with van der Waals surface area (Å²) in [5.41, 5.74) is 2.95. The predicted octanol–water partition coefficient (Wildman–Crippen LogP) is 4.78. The summed E-state index contributed by atoms with van der Waals surface area (Å²) in [6, 6.07) is 10.2.